The zero-order chi connectivity index (χ0) is 15.5. The van der Waals surface area contributed by atoms with Crippen molar-refractivity contribution < 1.29 is 17.9 Å². The Morgan fingerprint density at radius 1 is 1.38 bits per heavy atom. The van der Waals surface area contributed by atoms with Gasteiger partial charge < -0.3 is 9.52 Å². The minimum absolute atomic E-state index is 0.0308. The van der Waals surface area contributed by atoms with Crippen molar-refractivity contribution in [2.24, 2.45) is 0 Å². The molecule has 0 aromatic carbocycles. The average Bonchev–Trinajstić information content (AvgIpc) is 3.02. The Morgan fingerprint density at radius 2 is 2.14 bits per heavy atom. The summed E-state index contributed by atoms with van der Waals surface area (Å²) in [5, 5.41) is 16.8. The van der Waals surface area contributed by atoms with E-state index < -0.39 is 10.0 Å². The van der Waals surface area contributed by atoms with Gasteiger partial charge >= 0.3 is 0 Å². The molecule has 0 saturated carbocycles. The number of rotatable bonds is 7. The lowest BCUT2D eigenvalue weighted by molar-refractivity contribution is 0.276. The predicted octanol–water partition coefficient (Wildman–Crippen LogP) is 0.349. The highest BCUT2D eigenvalue weighted by atomic mass is 32.2. The van der Waals surface area contributed by atoms with Gasteiger partial charge in [-0.05, 0) is 20.3 Å². The SMILES string of the molecule is Cc1oc(C)c(S(=O)(=O)NCCCn2ccnn2)c1CO. The van der Waals surface area contributed by atoms with E-state index in [2.05, 4.69) is 15.0 Å². The molecule has 2 aromatic rings. The van der Waals surface area contributed by atoms with Gasteiger partial charge in [-0.1, -0.05) is 5.21 Å². The minimum Gasteiger partial charge on any atom is -0.465 e. The fraction of sp³-hybridized carbons (Fsp3) is 0.500. The van der Waals surface area contributed by atoms with Gasteiger partial charge in [0.1, 0.15) is 16.4 Å². The van der Waals surface area contributed by atoms with E-state index in [9.17, 15) is 13.5 Å². The van der Waals surface area contributed by atoms with Gasteiger partial charge in [0, 0.05) is 24.8 Å². The van der Waals surface area contributed by atoms with Gasteiger partial charge in [-0.15, -0.1) is 5.10 Å². The second-order valence-electron chi connectivity index (χ2n) is 4.60. The molecule has 9 heteroatoms. The Bertz CT molecular complexity index is 691. The lowest BCUT2D eigenvalue weighted by Crippen LogP contribution is -2.26. The summed E-state index contributed by atoms with van der Waals surface area (Å²) >= 11 is 0. The Labute approximate surface area is 122 Å². The third-order valence-electron chi connectivity index (χ3n) is 3.08. The molecule has 0 aliphatic rings. The molecule has 0 spiro atoms. The van der Waals surface area contributed by atoms with Crippen molar-refractivity contribution in [3.8, 4) is 0 Å². The quantitative estimate of drug-likeness (QED) is 0.713. The molecule has 116 valence electrons. The summed E-state index contributed by atoms with van der Waals surface area (Å²) in [6.45, 7) is 3.65. The van der Waals surface area contributed by atoms with Gasteiger partial charge in [0.15, 0.2) is 0 Å². The van der Waals surface area contributed by atoms with Crippen LogP contribution in [0.25, 0.3) is 0 Å². The maximum absolute atomic E-state index is 12.3. The molecule has 2 aromatic heterocycles. The van der Waals surface area contributed by atoms with Crippen LogP contribution in [0.15, 0.2) is 21.7 Å². The molecule has 0 atom stereocenters. The summed E-state index contributed by atoms with van der Waals surface area (Å²) in [6, 6.07) is 0. The number of hydrogen-bond donors (Lipinski definition) is 2. The van der Waals surface area contributed by atoms with E-state index in [0.717, 1.165) is 0 Å². The summed E-state index contributed by atoms with van der Waals surface area (Å²) in [6.07, 6.45) is 3.85. The first-order valence-corrected chi connectivity index (χ1v) is 7.97. The molecule has 0 radical (unpaired) electrons. The molecule has 0 fully saturated rings. The van der Waals surface area contributed by atoms with Crippen LogP contribution < -0.4 is 4.72 Å². The smallest absolute Gasteiger partial charge is 0.244 e. The highest BCUT2D eigenvalue weighted by Crippen LogP contribution is 2.26. The van der Waals surface area contributed by atoms with E-state index in [4.69, 9.17) is 4.42 Å². The van der Waals surface area contributed by atoms with Crippen molar-refractivity contribution in [3.63, 3.8) is 0 Å². The molecule has 0 bridgehead atoms. The van der Waals surface area contributed by atoms with E-state index in [-0.39, 0.29) is 23.8 Å². The summed E-state index contributed by atoms with van der Waals surface area (Å²) in [5.74, 6) is 0.693. The molecule has 0 aliphatic carbocycles. The van der Waals surface area contributed by atoms with Crippen molar-refractivity contribution in [2.45, 2.75) is 38.3 Å². The first kappa shape index (κ1) is 15.7. The van der Waals surface area contributed by atoms with Crippen molar-refractivity contribution in [3.05, 3.63) is 29.5 Å². The topological polar surface area (TPSA) is 110 Å². The fourth-order valence-electron chi connectivity index (χ4n) is 2.12. The normalized spacial score (nSPS) is 12.0. The van der Waals surface area contributed by atoms with E-state index in [1.807, 2.05) is 0 Å². The third-order valence-corrected chi connectivity index (χ3v) is 4.74. The Morgan fingerprint density at radius 3 is 2.76 bits per heavy atom. The number of sulfonamides is 1. The third kappa shape index (κ3) is 3.49. The number of hydrogen-bond acceptors (Lipinski definition) is 6. The fourth-order valence-corrected chi connectivity index (χ4v) is 3.63. The number of aryl methyl sites for hydroxylation is 3. The summed E-state index contributed by atoms with van der Waals surface area (Å²) in [7, 11) is -3.70. The molecule has 21 heavy (non-hydrogen) atoms. The largest absolute Gasteiger partial charge is 0.465 e. The van der Waals surface area contributed by atoms with E-state index in [1.165, 1.54) is 0 Å². The lowest BCUT2D eigenvalue weighted by Gasteiger charge is -2.07. The second kappa shape index (κ2) is 6.37. The standard InChI is InChI=1S/C12H18N4O4S/c1-9-11(8-17)12(10(2)20-9)21(18,19)14-4-3-6-16-7-5-13-15-16/h5,7,14,17H,3-4,6,8H2,1-2H3. The van der Waals surface area contributed by atoms with Gasteiger partial charge in [0.2, 0.25) is 10.0 Å². The molecular formula is C12H18N4O4S. The Balaban J connectivity index is 2.02. The lowest BCUT2D eigenvalue weighted by atomic mass is 10.2. The number of nitrogens with zero attached hydrogens (tertiary/aromatic N) is 3. The van der Waals surface area contributed by atoms with Crippen molar-refractivity contribution in [1.29, 1.82) is 0 Å². The highest BCUT2D eigenvalue weighted by molar-refractivity contribution is 7.89. The minimum atomic E-state index is -3.70. The zero-order valence-electron chi connectivity index (χ0n) is 11.9. The van der Waals surface area contributed by atoms with Crippen LogP contribution in [0.2, 0.25) is 0 Å². The van der Waals surface area contributed by atoms with Crippen LogP contribution in [0.3, 0.4) is 0 Å². The van der Waals surface area contributed by atoms with Crippen LogP contribution in [-0.2, 0) is 23.2 Å². The number of aliphatic hydroxyl groups excluding tert-OH is 1. The monoisotopic (exact) mass is 314 g/mol. The molecular weight excluding hydrogens is 296 g/mol. The Kier molecular flexibility index (Phi) is 4.76. The van der Waals surface area contributed by atoms with Gasteiger partial charge in [-0.25, -0.2) is 13.1 Å². The van der Waals surface area contributed by atoms with Crippen molar-refractivity contribution >= 4 is 10.0 Å². The molecule has 0 saturated heterocycles. The molecule has 8 nitrogen and oxygen atoms in total. The van der Waals surface area contributed by atoms with Crippen LogP contribution in [0.5, 0.6) is 0 Å². The van der Waals surface area contributed by atoms with Crippen LogP contribution in [-0.4, -0.2) is 35.1 Å². The molecule has 0 unspecified atom stereocenters. The summed E-state index contributed by atoms with van der Waals surface area (Å²) < 4.78 is 34.0. The summed E-state index contributed by atoms with van der Waals surface area (Å²) in [4.78, 5) is 0.0308. The van der Waals surface area contributed by atoms with Gasteiger partial charge in [0.25, 0.3) is 0 Å². The van der Waals surface area contributed by atoms with E-state index in [0.29, 0.717) is 24.3 Å². The second-order valence-corrected chi connectivity index (χ2v) is 6.30. The predicted molar refractivity (Wildman–Crippen MR) is 73.9 cm³/mol. The zero-order valence-corrected chi connectivity index (χ0v) is 12.7. The van der Waals surface area contributed by atoms with E-state index in [1.54, 1.807) is 30.9 Å². The average molecular weight is 314 g/mol. The van der Waals surface area contributed by atoms with Gasteiger partial charge in [-0.3, -0.25) is 4.68 Å². The van der Waals surface area contributed by atoms with Crippen molar-refractivity contribution in [2.75, 3.05) is 6.54 Å². The highest BCUT2D eigenvalue weighted by Gasteiger charge is 2.25. The Hall–Kier alpha value is -1.71. The van der Waals surface area contributed by atoms with Gasteiger partial charge in [-0.2, -0.15) is 0 Å². The molecule has 2 heterocycles. The summed E-state index contributed by atoms with van der Waals surface area (Å²) in [5.41, 5.74) is 0.302. The van der Waals surface area contributed by atoms with Crippen LogP contribution in [0, 0.1) is 13.8 Å². The molecule has 0 amide bonds. The number of furan rings is 1. The number of aliphatic hydroxyl groups is 1. The van der Waals surface area contributed by atoms with Gasteiger partial charge in [0.05, 0.1) is 12.8 Å². The first-order chi connectivity index (χ1) is 9.95. The number of aromatic nitrogens is 3. The van der Waals surface area contributed by atoms with Crippen molar-refractivity contribution in [1.82, 2.24) is 19.7 Å². The van der Waals surface area contributed by atoms with Crippen LogP contribution in [0.4, 0.5) is 0 Å². The van der Waals surface area contributed by atoms with Crippen LogP contribution >= 0.6 is 0 Å². The number of nitrogens with one attached hydrogen (secondary N) is 1. The molecule has 0 aliphatic heterocycles. The maximum Gasteiger partial charge on any atom is 0.244 e. The first-order valence-electron chi connectivity index (χ1n) is 6.49. The maximum atomic E-state index is 12.3. The molecule has 2 rings (SSSR count). The van der Waals surface area contributed by atoms with Crippen LogP contribution in [0.1, 0.15) is 23.5 Å². The molecule has 2 N–H and O–H groups in total. The van der Waals surface area contributed by atoms with E-state index >= 15 is 0 Å².